The Morgan fingerprint density at radius 1 is 1.24 bits per heavy atom. The van der Waals surface area contributed by atoms with E-state index in [1.807, 2.05) is 0 Å². The van der Waals surface area contributed by atoms with Crippen LogP contribution >= 0.6 is 15.9 Å². The van der Waals surface area contributed by atoms with Crippen molar-refractivity contribution in [3.05, 3.63) is 28.7 Å². The van der Waals surface area contributed by atoms with Crippen LogP contribution in [0.25, 0.3) is 0 Å². The molecule has 6 heteroatoms. The van der Waals surface area contributed by atoms with Gasteiger partial charge in [0.25, 0.3) is 0 Å². The van der Waals surface area contributed by atoms with Gasteiger partial charge in [-0.2, -0.15) is 0 Å². The Kier molecular flexibility index (Phi) is 3.06. The van der Waals surface area contributed by atoms with E-state index in [0.717, 1.165) is 4.47 Å². The van der Waals surface area contributed by atoms with Crippen LogP contribution in [-0.2, 0) is 4.79 Å². The highest BCUT2D eigenvalue weighted by Crippen LogP contribution is 2.35. The van der Waals surface area contributed by atoms with Crippen LogP contribution in [0, 0.1) is 0 Å². The summed E-state index contributed by atoms with van der Waals surface area (Å²) in [5.74, 6) is -0.983. The molecule has 0 aromatic heterocycles. The van der Waals surface area contributed by atoms with Crippen LogP contribution in [0.15, 0.2) is 28.7 Å². The number of nitrogens with one attached hydrogen (secondary N) is 2. The minimum absolute atomic E-state index is 0.482. The Morgan fingerprint density at radius 3 is 2.29 bits per heavy atom. The molecule has 0 aliphatic heterocycles. The number of rotatable bonds is 3. The Hall–Kier alpha value is -1.56. The van der Waals surface area contributed by atoms with Crippen molar-refractivity contribution in [1.29, 1.82) is 0 Å². The van der Waals surface area contributed by atoms with Gasteiger partial charge in [0.2, 0.25) is 0 Å². The van der Waals surface area contributed by atoms with Gasteiger partial charge in [-0.25, -0.2) is 9.59 Å². The molecular weight excluding hydrogens is 288 g/mol. The second kappa shape index (κ2) is 4.37. The van der Waals surface area contributed by atoms with Gasteiger partial charge in [0.05, 0.1) is 0 Å². The summed E-state index contributed by atoms with van der Waals surface area (Å²) < 4.78 is 0.910. The highest BCUT2D eigenvalue weighted by atomic mass is 79.9. The van der Waals surface area contributed by atoms with Crippen LogP contribution in [0.3, 0.4) is 0 Å². The van der Waals surface area contributed by atoms with Crippen LogP contribution in [0.2, 0.25) is 0 Å². The molecule has 5 nitrogen and oxygen atoms in total. The van der Waals surface area contributed by atoms with Crippen LogP contribution in [0.5, 0.6) is 0 Å². The third-order valence-electron chi connectivity index (χ3n) is 2.61. The fourth-order valence-electron chi connectivity index (χ4n) is 1.43. The maximum absolute atomic E-state index is 11.6. The van der Waals surface area contributed by atoms with E-state index in [-0.39, 0.29) is 0 Å². The van der Waals surface area contributed by atoms with Crippen molar-refractivity contribution >= 4 is 33.6 Å². The fraction of sp³-hybridized carbons (Fsp3) is 0.273. The number of halogens is 1. The highest BCUT2D eigenvalue weighted by molar-refractivity contribution is 9.10. The predicted molar refractivity (Wildman–Crippen MR) is 65.9 cm³/mol. The number of carboxylic acid groups (broad SMARTS) is 1. The van der Waals surface area contributed by atoms with E-state index in [9.17, 15) is 9.59 Å². The van der Waals surface area contributed by atoms with E-state index in [2.05, 4.69) is 26.6 Å². The average molecular weight is 299 g/mol. The van der Waals surface area contributed by atoms with E-state index < -0.39 is 17.5 Å². The van der Waals surface area contributed by atoms with E-state index in [4.69, 9.17) is 5.11 Å². The minimum Gasteiger partial charge on any atom is -0.480 e. The summed E-state index contributed by atoms with van der Waals surface area (Å²) in [6, 6.07) is 6.54. The lowest BCUT2D eigenvalue weighted by Crippen LogP contribution is -2.45. The van der Waals surface area contributed by atoms with Crippen LogP contribution in [0.4, 0.5) is 10.5 Å². The van der Waals surface area contributed by atoms with Gasteiger partial charge in [-0.3, -0.25) is 0 Å². The first-order chi connectivity index (χ1) is 8.02. The van der Waals surface area contributed by atoms with Gasteiger partial charge in [0.15, 0.2) is 0 Å². The summed E-state index contributed by atoms with van der Waals surface area (Å²) in [7, 11) is 0. The molecule has 0 unspecified atom stereocenters. The van der Waals surface area contributed by atoms with E-state index >= 15 is 0 Å². The van der Waals surface area contributed by atoms with Gasteiger partial charge in [0.1, 0.15) is 5.54 Å². The van der Waals surface area contributed by atoms with E-state index in [0.29, 0.717) is 18.5 Å². The predicted octanol–water partition coefficient (Wildman–Crippen LogP) is 2.19. The Bertz CT molecular complexity index is 454. The molecule has 90 valence electrons. The molecular formula is C11H11BrN2O3. The lowest BCUT2D eigenvalue weighted by molar-refractivity contribution is -0.140. The normalized spacial score (nSPS) is 16.1. The molecule has 0 bridgehead atoms. The molecule has 3 N–H and O–H groups in total. The molecule has 1 aliphatic rings. The molecule has 0 radical (unpaired) electrons. The molecule has 0 spiro atoms. The molecule has 1 fully saturated rings. The van der Waals surface area contributed by atoms with Crippen LogP contribution in [0.1, 0.15) is 12.8 Å². The van der Waals surface area contributed by atoms with Crippen molar-refractivity contribution in [2.75, 3.05) is 5.32 Å². The molecule has 1 saturated carbocycles. The van der Waals surface area contributed by atoms with Gasteiger partial charge in [0, 0.05) is 10.2 Å². The average Bonchev–Trinajstić information content (AvgIpc) is 3.02. The smallest absolute Gasteiger partial charge is 0.329 e. The van der Waals surface area contributed by atoms with Gasteiger partial charge in [-0.1, -0.05) is 15.9 Å². The SMILES string of the molecule is O=C(Nc1ccc(Br)cc1)NC1(C(=O)O)CC1. The van der Waals surface area contributed by atoms with Crippen LogP contribution in [-0.4, -0.2) is 22.6 Å². The Balaban J connectivity index is 1.94. The number of hydrogen-bond acceptors (Lipinski definition) is 2. The summed E-state index contributed by atoms with van der Waals surface area (Å²) in [6.07, 6.45) is 0.964. The Labute approximate surface area is 106 Å². The zero-order valence-corrected chi connectivity index (χ0v) is 10.5. The minimum atomic E-state index is -1.06. The maximum Gasteiger partial charge on any atom is 0.329 e. The van der Waals surface area contributed by atoms with Gasteiger partial charge in [-0.15, -0.1) is 0 Å². The maximum atomic E-state index is 11.6. The summed E-state index contributed by atoms with van der Waals surface area (Å²) in [5.41, 5.74) is -0.439. The van der Waals surface area contributed by atoms with Gasteiger partial charge < -0.3 is 15.7 Å². The van der Waals surface area contributed by atoms with Crippen LogP contribution < -0.4 is 10.6 Å². The van der Waals surface area contributed by atoms with Crippen molar-refractivity contribution in [2.24, 2.45) is 0 Å². The number of amides is 2. The molecule has 0 heterocycles. The molecule has 1 aliphatic carbocycles. The largest absolute Gasteiger partial charge is 0.480 e. The summed E-state index contributed by atoms with van der Waals surface area (Å²) in [6.45, 7) is 0. The van der Waals surface area contributed by atoms with Gasteiger partial charge in [-0.05, 0) is 37.1 Å². The first-order valence-electron chi connectivity index (χ1n) is 5.10. The quantitative estimate of drug-likeness (QED) is 0.800. The number of hydrogen-bond donors (Lipinski definition) is 3. The molecule has 2 rings (SSSR count). The number of carbonyl (C=O) groups is 2. The van der Waals surface area contributed by atoms with E-state index in [1.165, 1.54) is 0 Å². The van der Waals surface area contributed by atoms with Crippen molar-refractivity contribution in [3.63, 3.8) is 0 Å². The third-order valence-corrected chi connectivity index (χ3v) is 3.14. The zero-order valence-electron chi connectivity index (χ0n) is 8.87. The number of carbonyl (C=O) groups excluding carboxylic acids is 1. The lowest BCUT2D eigenvalue weighted by atomic mass is 10.3. The molecule has 2 amide bonds. The third kappa shape index (κ3) is 2.76. The zero-order chi connectivity index (χ0) is 12.5. The second-order valence-electron chi connectivity index (χ2n) is 3.97. The fourth-order valence-corrected chi connectivity index (χ4v) is 1.69. The molecule has 0 atom stereocenters. The van der Waals surface area contributed by atoms with E-state index in [1.54, 1.807) is 24.3 Å². The monoisotopic (exact) mass is 298 g/mol. The standard InChI is InChI=1S/C11H11BrN2O3/c12-7-1-3-8(4-2-7)13-10(17)14-11(5-6-11)9(15)16/h1-4H,5-6H2,(H,15,16)(H2,13,14,17). The van der Waals surface area contributed by atoms with Gasteiger partial charge >= 0.3 is 12.0 Å². The first kappa shape index (κ1) is 11.9. The van der Waals surface area contributed by atoms with Crippen molar-refractivity contribution < 1.29 is 14.7 Å². The molecule has 1 aromatic carbocycles. The number of benzene rings is 1. The number of urea groups is 1. The lowest BCUT2D eigenvalue weighted by Gasteiger charge is -2.13. The number of carboxylic acids is 1. The van der Waals surface area contributed by atoms with Crippen molar-refractivity contribution in [1.82, 2.24) is 5.32 Å². The molecule has 1 aromatic rings. The Morgan fingerprint density at radius 2 is 1.82 bits per heavy atom. The second-order valence-corrected chi connectivity index (χ2v) is 4.89. The highest BCUT2D eigenvalue weighted by Gasteiger charge is 2.51. The first-order valence-corrected chi connectivity index (χ1v) is 5.89. The number of aliphatic carboxylic acids is 1. The topological polar surface area (TPSA) is 78.4 Å². The summed E-state index contributed by atoms with van der Waals surface area (Å²) in [4.78, 5) is 22.4. The van der Waals surface area contributed by atoms with Crippen molar-refractivity contribution in [3.8, 4) is 0 Å². The molecule has 0 saturated heterocycles. The number of anilines is 1. The van der Waals surface area contributed by atoms with Crippen molar-refractivity contribution in [2.45, 2.75) is 18.4 Å². The molecule has 17 heavy (non-hydrogen) atoms. The summed E-state index contributed by atoms with van der Waals surface area (Å²) in [5, 5.41) is 14.0. The summed E-state index contributed by atoms with van der Waals surface area (Å²) >= 11 is 3.28.